The Bertz CT molecular complexity index is 318. The van der Waals surface area contributed by atoms with Crippen molar-refractivity contribution in [1.82, 2.24) is 0 Å². The standard InChI is InChI=1S/C14H22N.Re/c1-11(15)14(5)9-7-6-8-12(10-14)13(2,3)4;/h6-7,9-11H,15H2,1-5H3;/q-1;. The van der Waals surface area contributed by atoms with Crippen molar-refractivity contribution >= 4 is 0 Å². The van der Waals surface area contributed by atoms with Crippen molar-refractivity contribution in [2.24, 2.45) is 16.6 Å². The van der Waals surface area contributed by atoms with Gasteiger partial charge in [0.2, 0.25) is 0 Å². The second-order valence-corrected chi connectivity index (χ2v) is 5.63. The zero-order chi connectivity index (χ0) is 11.7. The van der Waals surface area contributed by atoms with Gasteiger partial charge in [0.15, 0.2) is 0 Å². The van der Waals surface area contributed by atoms with Crippen LogP contribution in [0.2, 0.25) is 0 Å². The van der Waals surface area contributed by atoms with Crippen molar-refractivity contribution in [2.45, 2.75) is 40.7 Å². The molecule has 1 aliphatic rings. The first-order valence-electron chi connectivity index (χ1n) is 5.52. The van der Waals surface area contributed by atoms with Crippen LogP contribution in [0.25, 0.3) is 0 Å². The first-order valence-corrected chi connectivity index (χ1v) is 5.52. The van der Waals surface area contributed by atoms with Crippen LogP contribution in [0.3, 0.4) is 0 Å². The maximum Gasteiger partial charge on any atom is 0.00192 e. The summed E-state index contributed by atoms with van der Waals surface area (Å²) >= 11 is 0. The minimum atomic E-state index is -0.0669. The molecule has 2 atom stereocenters. The molecule has 0 fully saturated rings. The topological polar surface area (TPSA) is 26.0 Å². The second kappa shape index (κ2) is 5.45. The summed E-state index contributed by atoms with van der Waals surface area (Å²) in [6.45, 7) is 10.8. The predicted molar refractivity (Wildman–Crippen MR) is 66.2 cm³/mol. The number of rotatable bonds is 1. The molecule has 1 nitrogen and oxygen atoms in total. The Balaban J connectivity index is 0.00000225. The first kappa shape index (κ1) is 15.8. The molecule has 16 heavy (non-hydrogen) atoms. The van der Waals surface area contributed by atoms with Gasteiger partial charge in [0.05, 0.1) is 0 Å². The fourth-order valence-corrected chi connectivity index (χ4v) is 1.51. The van der Waals surface area contributed by atoms with E-state index >= 15 is 0 Å². The van der Waals surface area contributed by atoms with E-state index in [0.717, 1.165) is 0 Å². The third-order valence-electron chi connectivity index (χ3n) is 3.03. The van der Waals surface area contributed by atoms with Gasteiger partial charge in [-0.25, -0.2) is 0 Å². The van der Waals surface area contributed by atoms with Crippen LogP contribution in [0.4, 0.5) is 0 Å². The van der Waals surface area contributed by atoms with Gasteiger partial charge >= 0.3 is 0 Å². The molecule has 0 bridgehead atoms. The Kier molecular flexibility index (Phi) is 5.40. The van der Waals surface area contributed by atoms with Gasteiger partial charge in [-0.05, 0) is 17.8 Å². The Labute approximate surface area is 114 Å². The summed E-state index contributed by atoms with van der Waals surface area (Å²) in [4.78, 5) is 0. The summed E-state index contributed by atoms with van der Waals surface area (Å²) in [5.74, 6) is 0. The average molecular weight is 391 g/mol. The molecule has 0 saturated carbocycles. The largest absolute Gasteiger partial charge is 0.328 e. The van der Waals surface area contributed by atoms with Crippen LogP contribution in [0.5, 0.6) is 0 Å². The number of nitrogens with two attached hydrogens (primary N) is 1. The fourth-order valence-electron chi connectivity index (χ4n) is 1.51. The molecule has 0 heterocycles. The molecule has 1 aliphatic carbocycles. The van der Waals surface area contributed by atoms with Gasteiger partial charge in [-0.2, -0.15) is 29.9 Å². The van der Waals surface area contributed by atoms with E-state index in [1.165, 1.54) is 5.57 Å². The van der Waals surface area contributed by atoms with Crippen LogP contribution in [0.1, 0.15) is 34.6 Å². The molecular formula is C14H22NRe-. The third kappa shape index (κ3) is 3.70. The van der Waals surface area contributed by atoms with E-state index < -0.39 is 0 Å². The summed E-state index contributed by atoms with van der Waals surface area (Å²) in [7, 11) is 0. The third-order valence-corrected chi connectivity index (χ3v) is 3.03. The molecule has 2 N–H and O–H groups in total. The minimum absolute atomic E-state index is 0. The Hall–Kier alpha value is -0.158. The summed E-state index contributed by atoms with van der Waals surface area (Å²) in [6.07, 6.45) is 11.7. The maximum absolute atomic E-state index is 6.04. The van der Waals surface area contributed by atoms with Crippen LogP contribution in [-0.4, -0.2) is 6.04 Å². The molecule has 0 amide bonds. The Morgan fingerprint density at radius 1 is 1.38 bits per heavy atom. The molecule has 1 radical (unpaired) electrons. The van der Waals surface area contributed by atoms with Crippen molar-refractivity contribution in [3.63, 3.8) is 0 Å². The minimum Gasteiger partial charge on any atom is -0.328 e. The first-order chi connectivity index (χ1) is 6.76. The van der Waals surface area contributed by atoms with E-state index in [0.29, 0.717) is 0 Å². The van der Waals surface area contributed by atoms with E-state index in [1.807, 2.05) is 19.1 Å². The van der Waals surface area contributed by atoms with E-state index in [2.05, 4.69) is 45.9 Å². The molecule has 0 aromatic heterocycles. The fraction of sp³-hybridized carbons (Fsp3) is 0.571. The molecule has 0 aromatic carbocycles. The van der Waals surface area contributed by atoms with Crippen molar-refractivity contribution in [1.29, 1.82) is 0 Å². The van der Waals surface area contributed by atoms with Crippen LogP contribution >= 0.6 is 0 Å². The monoisotopic (exact) mass is 391 g/mol. The van der Waals surface area contributed by atoms with Crippen LogP contribution in [0.15, 0.2) is 29.9 Å². The van der Waals surface area contributed by atoms with Crippen LogP contribution < -0.4 is 5.73 Å². The molecule has 0 spiro atoms. The summed E-state index contributed by atoms with van der Waals surface area (Å²) < 4.78 is 0. The van der Waals surface area contributed by atoms with E-state index in [-0.39, 0.29) is 37.3 Å². The molecule has 0 aromatic rings. The number of allylic oxidation sites excluding steroid dienone is 4. The van der Waals surface area contributed by atoms with Gasteiger partial charge in [-0.15, -0.1) is 6.08 Å². The molecule has 0 saturated heterocycles. The van der Waals surface area contributed by atoms with Crippen molar-refractivity contribution in [3.8, 4) is 0 Å². The molecule has 2 heteroatoms. The molecule has 1 rings (SSSR count). The van der Waals surface area contributed by atoms with Gasteiger partial charge in [0, 0.05) is 26.5 Å². The number of hydrogen-bond acceptors (Lipinski definition) is 1. The van der Waals surface area contributed by atoms with E-state index in [1.54, 1.807) is 0 Å². The SMILES string of the molecule is CC(N)C1(C)C=CC=[C-]C(C(C)(C)C)=C1.[Re]. The van der Waals surface area contributed by atoms with Gasteiger partial charge in [0.25, 0.3) is 0 Å². The van der Waals surface area contributed by atoms with Crippen LogP contribution in [-0.2, 0) is 20.4 Å². The molecular weight excluding hydrogens is 368 g/mol. The van der Waals surface area contributed by atoms with Gasteiger partial charge in [0.1, 0.15) is 0 Å². The Morgan fingerprint density at radius 3 is 2.38 bits per heavy atom. The summed E-state index contributed by atoms with van der Waals surface area (Å²) in [6, 6.07) is 0.111. The van der Waals surface area contributed by atoms with E-state index in [4.69, 9.17) is 5.73 Å². The smallest absolute Gasteiger partial charge is 0.00192 e. The van der Waals surface area contributed by atoms with Crippen molar-refractivity contribution in [3.05, 3.63) is 36.0 Å². The van der Waals surface area contributed by atoms with Gasteiger partial charge in [-0.3, -0.25) is 0 Å². The predicted octanol–water partition coefficient (Wildman–Crippen LogP) is 3.24. The quantitative estimate of drug-likeness (QED) is 0.684. The maximum atomic E-state index is 6.04. The van der Waals surface area contributed by atoms with E-state index in [9.17, 15) is 0 Å². The number of hydrogen-bond donors (Lipinski definition) is 1. The van der Waals surface area contributed by atoms with Gasteiger partial charge < -0.3 is 5.73 Å². The molecule has 91 valence electrons. The Morgan fingerprint density at radius 2 is 1.94 bits per heavy atom. The normalized spacial score (nSPS) is 26.8. The zero-order valence-electron chi connectivity index (χ0n) is 10.8. The van der Waals surface area contributed by atoms with Crippen molar-refractivity contribution in [2.75, 3.05) is 0 Å². The van der Waals surface area contributed by atoms with Crippen LogP contribution in [0, 0.1) is 16.9 Å². The zero-order valence-corrected chi connectivity index (χ0v) is 13.6. The summed E-state index contributed by atoms with van der Waals surface area (Å²) in [5, 5.41) is 0. The molecule has 2 unspecified atom stereocenters. The summed E-state index contributed by atoms with van der Waals surface area (Å²) in [5.41, 5.74) is 7.32. The second-order valence-electron chi connectivity index (χ2n) is 5.63. The molecule has 0 aliphatic heterocycles. The average Bonchev–Trinajstić information content (AvgIpc) is 2.27. The van der Waals surface area contributed by atoms with Gasteiger partial charge in [-0.1, -0.05) is 27.7 Å². The van der Waals surface area contributed by atoms with Crippen molar-refractivity contribution < 1.29 is 20.4 Å².